The average Bonchev–Trinajstić information content (AvgIpc) is 2.33. The van der Waals surface area contributed by atoms with Gasteiger partial charge in [-0.2, -0.15) is 0 Å². The zero-order valence-electron chi connectivity index (χ0n) is 11.8. The number of hydrogen-bond acceptors (Lipinski definition) is 1. The Bertz CT molecular complexity index is 302. The highest BCUT2D eigenvalue weighted by atomic mass is 14.9. The lowest BCUT2D eigenvalue weighted by Gasteiger charge is -2.24. The molecule has 17 heavy (non-hydrogen) atoms. The minimum atomic E-state index is 0.491. The molecule has 2 atom stereocenters. The van der Waals surface area contributed by atoms with Crippen molar-refractivity contribution in [1.82, 2.24) is 5.32 Å². The summed E-state index contributed by atoms with van der Waals surface area (Å²) < 4.78 is 0. The van der Waals surface area contributed by atoms with Gasteiger partial charge in [0.15, 0.2) is 0 Å². The maximum Gasteiger partial charge on any atom is 0.0343 e. The molecule has 2 unspecified atom stereocenters. The Hall–Kier alpha value is -0.820. The lowest BCUT2D eigenvalue weighted by molar-refractivity contribution is 0.384. The Balaban J connectivity index is 2.74. The van der Waals surface area contributed by atoms with Crippen molar-refractivity contribution in [2.75, 3.05) is 7.05 Å². The van der Waals surface area contributed by atoms with E-state index in [1.54, 1.807) is 0 Å². The van der Waals surface area contributed by atoms with Crippen LogP contribution in [0.5, 0.6) is 0 Å². The summed E-state index contributed by atoms with van der Waals surface area (Å²) in [6.45, 7) is 6.83. The van der Waals surface area contributed by atoms with Crippen molar-refractivity contribution >= 4 is 0 Å². The molecule has 0 bridgehead atoms. The smallest absolute Gasteiger partial charge is 0.0343 e. The third-order valence-electron chi connectivity index (χ3n) is 3.50. The topological polar surface area (TPSA) is 12.0 Å². The molecule has 0 spiro atoms. The highest BCUT2D eigenvalue weighted by Crippen LogP contribution is 2.25. The fourth-order valence-corrected chi connectivity index (χ4v) is 2.58. The van der Waals surface area contributed by atoms with Gasteiger partial charge in [-0.1, -0.05) is 57.9 Å². The van der Waals surface area contributed by atoms with Crippen LogP contribution in [0.2, 0.25) is 0 Å². The molecule has 0 aliphatic carbocycles. The van der Waals surface area contributed by atoms with E-state index in [-0.39, 0.29) is 0 Å². The number of hydrogen-bond donors (Lipinski definition) is 1. The van der Waals surface area contributed by atoms with E-state index in [1.807, 2.05) is 0 Å². The van der Waals surface area contributed by atoms with Crippen LogP contribution >= 0.6 is 0 Å². The molecule has 1 nitrogen and oxygen atoms in total. The molecular weight excluding hydrogens is 206 g/mol. The Labute approximate surface area is 107 Å². The number of aryl methyl sites for hydroxylation is 1. The molecule has 0 amide bonds. The van der Waals surface area contributed by atoms with Gasteiger partial charge in [-0.3, -0.25) is 0 Å². The molecule has 0 radical (unpaired) electrons. The van der Waals surface area contributed by atoms with Crippen molar-refractivity contribution in [2.24, 2.45) is 5.92 Å². The van der Waals surface area contributed by atoms with E-state index in [0.29, 0.717) is 12.0 Å². The standard InChI is InChI=1S/C16H27N/c1-5-7-13(3)16(17-4)15-11-9-14(8-6-2)10-12-15/h9-13,16-17H,5-8H2,1-4H3. The number of rotatable bonds is 7. The predicted molar refractivity (Wildman–Crippen MR) is 76.3 cm³/mol. The summed E-state index contributed by atoms with van der Waals surface area (Å²) in [5.74, 6) is 0.696. The van der Waals surface area contributed by atoms with Gasteiger partial charge >= 0.3 is 0 Å². The molecule has 1 heteroatoms. The van der Waals surface area contributed by atoms with Crippen LogP contribution in [0.3, 0.4) is 0 Å². The van der Waals surface area contributed by atoms with Crippen LogP contribution < -0.4 is 5.32 Å². The maximum absolute atomic E-state index is 3.45. The van der Waals surface area contributed by atoms with Crippen molar-refractivity contribution in [2.45, 2.75) is 52.5 Å². The minimum absolute atomic E-state index is 0.491. The second-order valence-corrected chi connectivity index (χ2v) is 5.02. The highest BCUT2D eigenvalue weighted by molar-refractivity contribution is 5.25. The van der Waals surface area contributed by atoms with E-state index in [0.717, 1.165) is 0 Å². The first-order chi connectivity index (χ1) is 8.22. The van der Waals surface area contributed by atoms with Crippen molar-refractivity contribution in [1.29, 1.82) is 0 Å². The molecule has 0 heterocycles. The summed E-state index contributed by atoms with van der Waals surface area (Å²) in [5, 5.41) is 3.45. The van der Waals surface area contributed by atoms with Crippen molar-refractivity contribution in [3.8, 4) is 0 Å². The SMILES string of the molecule is CCCc1ccc(C(NC)C(C)CCC)cc1. The lowest BCUT2D eigenvalue weighted by atomic mass is 9.90. The molecule has 1 N–H and O–H groups in total. The summed E-state index contributed by atoms with van der Waals surface area (Å²) in [7, 11) is 2.07. The molecule has 0 fully saturated rings. The Morgan fingerprint density at radius 2 is 1.71 bits per heavy atom. The van der Waals surface area contributed by atoms with Crippen LogP contribution in [0.15, 0.2) is 24.3 Å². The highest BCUT2D eigenvalue weighted by Gasteiger charge is 2.16. The molecule has 0 aliphatic rings. The quantitative estimate of drug-likeness (QED) is 0.739. The fraction of sp³-hybridized carbons (Fsp3) is 0.625. The van der Waals surface area contributed by atoms with Gasteiger partial charge in [0.2, 0.25) is 0 Å². The first-order valence-corrected chi connectivity index (χ1v) is 6.99. The van der Waals surface area contributed by atoms with E-state index in [1.165, 1.54) is 36.8 Å². The molecule has 1 aromatic carbocycles. The monoisotopic (exact) mass is 233 g/mol. The summed E-state index contributed by atoms with van der Waals surface area (Å²) in [6.07, 6.45) is 4.95. The summed E-state index contributed by atoms with van der Waals surface area (Å²) in [5.41, 5.74) is 2.88. The normalized spacial score (nSPS) is 14.6. The Morgan fingerprint density at radius 1 is 1.06 bits per heavy atom. The lowest BCUT2D eigenvalue weighted by Crippen LogP contribution is -2.23. The van der Waals surface area contributed by atoms with Gasteiger partial charge in [0.05, 0.1) is 0 Å². The zero-order chi connectivity index (χ0) is 12.7. The summed E-state index contributed by atoms with van der Waals surface area (Å²) in [4.78, 5) is 0. The fourth-order valence-electron chi connectivity index (χ4n) is 2.58. The van der Waals surface area contributed by atoms with Gasteiger partial charge in [-0.15, -0.1) is 0 Å². The number of benzene rings is 1. The van der Waals surface area contributed by atoms with Gasteiger partial charge in [0, 0.05) is 6.04 Å². The van der Waals surface area contributed by atoms with Gasteiger partial charge in [0.1, 0.15) is 0 Å². The first kappa shape index (κ1) is 14.2. The van der Waals surface area contributed by atoms with Gasteiger partial charge in [-0.05, 0) is 36.9 Å². The first-order valence-electron chi connectivity index (χ1n) is 6.99. The third kappa shape index (κ3) is 4.16. The van der Waals surface area contributed by atoms with Crippen LogP contribution in [-0.2, 0) is 6.42 Å². The molecule has 0 saturated carbocycles. The molecule has 0 aliphatic heterocycles. The molecule has 1 aromatic rings. The largest absolute Gasteiger partial charge is 0.313 e. The maximum atomic E-state index is 3.45. The van der Waals surface area contributed by atoms with Crippen LogP contribution in [-0.4, -0.2) is 7.05 Å². The molecular formula is C16H27N. The zero-order valence-corrected chi connectivity index (χ0v) is 11.8. The molecule has 0 aromatic heterocycles. The average molecular weight is 233 g/mol. The summed E-state index contributed by atoms with van der Waals surface area (Å²) >= 11 is 0. The van der Waals surface area contributed by atoms with Gasteiger partial charge in [-0.25, -0.2) is 0 Å². The summed E-state index contributed by atoms with van der Waals surface area (Å²) in [6, 6.07) is 9.63. The van der Waals surface area contributed by atoms with Gasteiger partial charge < -0.3 is 5.32 Å². The number of nitrogens with one attached hydrogen (secondary N) is 1. The molecule has 96 valence electrons. The van der Waals surface area contributed by atoms with E-state index < -0.39 is 0 Å². The van der Waals surface area contributed by atoms with Gasteiger partial charge in [0.25, 0.3) is 0 Å². The van der Waals surface area contributed by atoms with Crippen LogP contribution in [0.4, 0.5) is 0 Å². The van der Waals surface area contributed by atoms with Crippen LogP contribution in [0.1, 0.15) is 57.2 Å². The molecule has 1 rings (SSSR count). The van der Waals surface area contributed by atoms with E-state index in [4.69, 9.17) is 0 Å². The van der Waals surface area contributed by atoms with Crippen molar-refractivity contribution in [3.05, 3.63) is 35.4 Å². The van der Waals surface area contributed by atoms with Crippen LogP contribution in [0.25, 0.3) is 0 Å². The predicted octanol–water partition coefficient (Wildman–Crippen LogP) is 4.34. The Kier molecular flexibility index (Phi) is 6.28. The van der Waals surface area contributed by atoms with Crippen molar-refractivity contribution in [3.63, 3.8) is 0 Å². The minimum Gasteiger partial charge on any atom is -0.313 e. The molecule has 0 saturated heterocycles. The van der Waals surface area contributed by atoms with E-state index >= 15 is 0 Å². The Morgan fingerprint density at radius 3 is 2.18 bits per heavy atom. The van der Waals surface area contributed by atoms with Crippen LogP contribution in [0, 0.1) is 5.92 Å². The van der Waals surface area contributed by atoms with E-state index in [9.17, 15) is 0 Å². The van der Waals surface area contributed by atoms with Crippen molar-refractivity contribution < 1.29 is 0 Å². The van der Waals surface area contributed by atoms with E-state index in [2.05, 4.69) is 57.4 Å². The third-order valence-corrected chi connectivity index (χ3v) is 3.50. The second kappa shape index (κ2) is 7.50. The second-order valence-electron chi connectivity index (χ2n) is 5.02.